The second kappa shape index (κ2) is 4.41. The van der Waals surface area contributed by atoms with Crippen LogP contribution in [0.3, 0.4) is 0 Å². The van der Waals surface area contributed by atoms with Crippen LogP contribution >= 0.6 is 11.6 Å². The van der Waals surface area contributed by atoms with Gasteiger partial charge in [-0.3, -0.25) is 0 Å². The molecule has 92 valence electrons. The number of benzene rings is 1. The van der Waals surface area contributed by atoms with Crippen molar-refractivity contribution < 1.29 is 0 Å². The Morgan fingerprint density at radius 1 is 1.24 bits per heavy atom. The number of hydrogen-bond donors (Lipinski definition) is 2. The third-order valence-electron chi connectivity index (χ3n) is 4.00. The highest BCUT2D eigenvalue weighted by atomic mass is 35.5. The molecule has 0 unspecified atom stereocenters. The summed E-state index contributed by atoms with van der Waals surface area (Å²) in [5.41, 5.74) is 7.72. The zero-order chi connectivity index (χ0) is 11.8. The van der Waals surface area contributed by atoms with Gasteiger partial charge in [0.1, 0.15) is 0 Å². The minimum Gasteiger partial charge on any atom is -0.397 e. The molecule has 17 heavy (non-hydrogen) atoms. The second-order valence-electron chi connectivity index (χ2n) is 5.45. The fourth-order valence-electron chi connectivity index (χ4n) is 2.68. The molecule has 3 N–H and O–H groups in total. The molecule has 3 heteroatoms. The third-order valence-corrected chi connectivity index (χ3v) is 4.23. The average molecular weight is 251 g/mol. The normalized spacial score (nSPS) is 19.6. The van der Waals surface area contributed by atoms with Crippen LogP contribution in [0.5, 0.6) is 0 Å². The Hall–Kier alpha value is -0.890. The van der Waals surface area contributed by atoms with E-state index in [9.17, 15) is 0 Å². The van der Waals surface area contributed by atoms with Crippen LogP contribution in [-0.4, -0.2) is 6.54 Å². The van der Waals surface area contributed by atoms with E-state index in [1.165, 1.54) is 25.7 Å². The van der Waals surface area contributed by atoms with Crippen molar-refractivity contribution in [2.45, 2.75) is 25.7 Å². The fraction of sp³-hybridized carbons (Fsp3) is 0.571. The van der Waals surface area contributed by atoms with Gasteiger partial charge in [0, 0.05) is 11.6 Å². The van der Waals surface area contributed by atoms with Gasteiger partial charge in [-0.15, -0.1) is 0 Å². The largest absolute Gasteiger partial charge is 0.397 e. The number of anilines is 2. The van der Waals surface area contributed by atoms with Crippen molar-refractivity contribution in [1.82, 2.24) is 0 Å². The first-order valence-electron chi connectivity index (χ1n) is 6.53. The lowest BCUT2D eigenvalue weighted by molar-refractivity contribution is 0.428. The maximum atomic E-state index is 5.99. The van der Waals surface area contributed by atoms with Crippen molar-refractivity contribution in [3.05, 3.63) is 23.2 Å². The summed E-state index contributed by atoms with van der Waals surface area (Å²) in [6.07, 6.45) is 5.70. The van der Waals surface area contributed by atoms with Gasteiger partial charge in [-0.05, 0) is 61.6 Å². The topological polar surface area (TPSA) is 38.0 Å². The van der Waals surface area contributed by atoms with Gasteiger partial charge in [0.05, 0.1) is 11.4 Å². The molecular weight excluding hydrogens is 232 g/mol. The van der Waals surface area contributed by atoms with Crippen LogP contribution in [0.4, 0.5) is 11.4 Å². The monoisotopic (exact) mass is 250 g/mol. The summed E-state index contributed by atoms with van der Waals surface area (Å²) in [6, 6.07) is 5.63. The average Bonchev–Trinajstić information content (AvgIpc) is 3.14. The zero-order valence-electron chi connectivity index (χ0n) is 9.95. The molecule has 0 radical (unpaired) electrons. The van der Waals surface area contributed by atoms with Gasteiger partial charge >= 0.3 is 0 Å². The summed E-state index contributed by atoms with van der Waals surface area (Å²) in [4.78, 5) is 0. The van der Waals surface area contributed by atoms with Crippen molar-refractivity contribution in [2.75, 3.05) is 17.6 Å². The SMILES string of the molecule is Nc1ccc(Cl)cc1NCC(C1CC1)C1CC1. The van der Waals surface area contributed by atoms with Crippen LogP contribution in [0, 0.1) is 17.8 Å². The molecule has 2 nitrogen and oxygen atoms in total. The minimum absolute atomic E-state index is 0.746. The highest BCUT2D eigenvalue weighted by Crippen LogP contribution is 2.49. The molecule has 1 aromatic carbocycles. The smallest absolute Gasteiger partial charge is 0.0588 e. The first-order valence-corrected chi connectivity index (χ1v) is 6.91. The minimum atomic E-state index is 0.746. The Kier molecular flexibility index (Phi) is 2.91. The zero-order valence-corrected chi connectivity index (χ0v) is 10.7. The van der Waals surface area contributed by atoms with E-state index in [1.807, 2.05) is 18.2 Å². The van der Waals surface area contributed by atoms with Crippen molar-refractivity contribution in [3.8, 4) is 0 Å². The summed E-state index contributed by atoms with van der Waals surface area (Å²) in [5, 5.41) is 4.23. The Morgan fingerprint density at radius 2 is 1.88 bits per heavy atom. The van der Waals surface area contributed by atoms with Gasteiger partial charge in [-0.25, -0.2) is 0 Å². The third kappa shape index (κ3) is 2.68. The molecule has 2 saturated carbocycles. The molecule has 0 saturated heterocycles. The van der Waals surface area contributed by atoms with Gasteiger partial charge in [-0.1, -0.05) is 11.6 Å². The van der Waals surface area contributed by atoms with Crippen LogP contribution in [0.1, 0.15) is 25.7 Å². The standard InChI is InChI=1S/C14H19ClN2/c15-11-5-6-13(16)14(7-11)17-8-12(9-1-2-9)10-3-4-10/h5-7,9-10,12,17H,1-4,8,16H2. The van der Waals surface area contributed by atoms with Gasteiger partial charge in [0.15, 0.2) is 0 Å². The lowest BCUT2D eigenvalue weighted by Gasteiger charge is -2.18. The van der Waals surface area contributed by atoms with E-state index in [4.69, 9.17) is 17.3 Å². The predicted octanol–water partition coefficient (Wildman–Crippen LogP) is 3.77. The first-order chi connectivity index (χ1) is 8.24. The second-order valence-corrected chi connectivity index (χ2v) is 5.89. The molecule has 0 bridgehead atoms. The Balaban J connectivity index is 1.63. The quantitative estimate of drug-likeness (QED) is 0.781. The number of halogens is 1. The number of hydrogen-bond acceptors (Lipinski definition) is 2. The summed E-state index contributed by atoms with van der Waals surface area (Å²) in [7, 11) is 0. The Bertz CT molecular complexity index is 399. The van der Waals surface area contributed by atoms with Gasteiger partial charge in [0.25, 0.3) is 0 Å². The lowest BCUT2D eigenvalue weighted by Crippen LogP contribution is -2.18. The molecule has 2 aliphatic carbocycles. The van der Waals surface area contributed by atoms with Crippen LogP contribution in [-0.2, 0) is 0 Å². The van der Waals surface area contributed by atoms with Crippen LogP contribution in [0.2, 0.25) is 5.02 Å². The molecule has 1 aromatic rings. The molecule has 2 fully saturated rings. The van der Waals surface area contributed by atoms with E-state index >= 15 is 0 Å². The summed E-state index contributed by atoms with van der Waals surface area (Å²) in [5.74, 6) is 2.79. The molecule has 0 heterocycles. The summed E-state index contributed by atoms with van der Waals surface area (Å²) < 4.78 is 0. The fourth-order valence-corrected chi connectivity index (χ4v) is 2.85. The number of nitrogens with two attached hydrogens (primary N) is 1. The predicted molar refractivity (Wildman–Crippen MR) is 73.3 cm³/mol. The van der Waals surface area contributed by atoms with Crippen molar-refractivity contribution in [2.24, 2.45) is 17.8 Å². The summed E-state index contributed by atoms with van der Waals surface area (Å²) >= 11 is 5.99. The number of nitrogens with one attached hydrogen (secondary N) is 1. The lowest BCUT2D eigenvalue weighted by atomic mass is 9.98. The Morgan fingerprint density at radius 3 is 2.47 bits per heavy atom. The van der Waals surface area contributed by atoms with E-state index in [-0.39, 0.29) is 0 Å². The van der Waals surface area contributed by atoms with Gasteiger partial charge < -0.3 is 11.1 Å². The summed E-state index contributed by atoms with van der Waals surface area (Å²) in [6.45, 7) is 1.06. The van der Waals surface area contributed by atoms with E-state index in [0.29, 0.717) is 0 Å². The Labute approximate surface area is 108 Å². The highest BCUT2D eigenvalue weighted by molar-refractivity contribution is 6.31. The van der Waals surface area contributed by atoms with Crippen LogP contribution < -0.4 is 11.1 Å². The van der Waals surface area contributed by atoms with E-state index in [0.717, 1.165) is 40.7 Å². The van der Waals surface area contributed by atoms with Crippen molar-refractivity contribution >= 4 is 23.0 Å². The van der Waals surface area contributed by atoms with Gasteiger partial charge in [-0.2, -0.15) is 0 Å². The molecule has 0 amide bonds. The van der Waals surface area contributed by atoms with E-state index in [1.54, 1.807) is 0 Å². The molecule has 0 aromatic heterocycles. The number of rotatable bonds is 5. The number of nitrogen functional groups attached to an aromatic ring is 1. The van der Waals surface area contributed by atoms with E-state index in [2.05, 4.69) is 5.32 Å². The van der Waals surface area contributed by atoms with E-state index < -0.39 is 0 Å². The van der Waals surface area contributed by atoms with Gasteiger partial charge in [0.2, 0.25) is 0 Å². The van der Waals surface area contributed by atoms with Crippen molar-refractivity contribution in [1.29, 1.82) is 0 Å². The molecule has 3 rings (SSSR count). The maximum absolute atomic E-state index is 5.99. The molecule has 0 aliphatic heterocycles. The van der Waals surface area contributed by atoms with Crippen LogP contribution in [0.25, 0.3) is 0 Å². The first kappa shape index (κ1) is 11.2. The highest BCUT2D eigenvalue weighted by Gasteiger charge is 2.40. The van der Waals surface area contributed by atoms with Crippen LogP contribution in [0.15, 0.2) is 18.2 Å². The van der Waals surface area contributed by atoms with Crippen molar-refractivity contribution in [3.63, 3.8) is 0 Å². The molecule has 0 spiro atoms. The molecule has 2 aliphatic rings. The maximum Gasteiger partial charge on any atom is 0.0588 e. The molecule has 0 atom stereocenters. The molecular formula is C14H19ClN2.